The van der Waals surface area contributed by atoms with E-state index < -0.39 is 25.9 Å². The van der Waals surface area contributed by atoms with Crippen molar-refractivity contribution in [2.24, 2.45) is 14.1 Å². The zero-order valence-corrected chi connectivity index (χ0v) is 33.7. The van der Waals surface area contributed by atoms with E-state index in [1.807, 2.05) is 41.0 Å². The predicted molar refractivity (Wildman–Crippen MR) is 219 cm³/mol. The monoisotopic (exact) mass is 851 g/mol. The number of pyridine rings is 2. The molecule has 13 nitrogen and oxygen atoms in total. The van der Waals surface area contributed by atoms with E-state index in [2.05, 4.69) is 24.8 Å². The summed E-state index contributed by atoms with van der Waals surface area (Å²) in [6.07, 6.45) is -1.43. The molecular weight excluding hydrogens is 809 g/mol. The Morgan fingerprint density at radius 3 is 1.62 bits per heavy atom. The molecule has 20 heteroatoms. The van der Waals surface area contributed by atoms with Crippen LogP contribution in [-0.2, 0) is 41.5 Å². The number of anilines is 2. The maximum atomic E-state index is 12.5. The van der Waals surface area contributed by atoms with Crippen molar-refractivity contribution in [2.75, 3.05) is 37.4 Å². The number of imidazole rings is 2. The number of aryl methyl sites for hydroxylation is 2. The summed E-state index contributed by atoms with van der Waals surface area (Å²) in [5.74, 6) is 2.10. The van der Waals surface area contributed by atoms with Crippen molar-refractivity contribution in [3.8, 4) is 22.3 Å². The second-order valence-electron chi connectivity index (χ2n) is 15.0. The van der Waals surface area contributed by atoms with Crippen LogP contribution in [0.3, 0.4) is 0 Å². The molecule has 0 saturated heterocycles. The quantitative estimate of drug-likeness (QED) is 0.0706. The number of hydrogen-bond donors (Lipinski definition) is 1. The molecule has 0 bridgehead atoms. The molecule has 4 aromatic heterocycles. The van der Waals surface area contributed by atoms with E-state index in [1.54, 1.807) is 57.3 Å². The smallest absolute Gasteiger partial charge is 0.411 e. The van der Waals surface area contributed by atoms with Crippen LogP contribution in [0.4, 0.5) is 37.7 Å². The SMILES string of the molecule is CN([B]C=O)c1cc(-c2ccc3nc(C4CC4)n(CCOC(F)(F)F)c3c2)cn(C)c1=O.CNc1cc(-c2ccc3nc(C4CC4)n(CCOC(F)(F)F)c3c2)cn(C)c1=O. The summed E-state index contributed by atoms with van der Waals surface area (Å²) in [6.45, 7) is -0.876. The number of hydrogen-bond acceptors (Lipinski definition) is 9. The molecule has 2 aliphatic rings. The number of carbonyl (C=O) groups is 1. The lowest BCUT2D eigenvalue weighted by Crippen LogP contribution is -2.31. The first-order valence-electron chi connectivity index (χ1n) is 19.5. The number of nitrogens with one attached hydrogen (secondary N) is 1. The highest BCUT2D eigenvalue weighted by molar-refractivity contribution is 6.69. The van der Waals surface area contributed by atoms with Gasteiger partial charge >= 0.3 is 20.1 Å². The van der Waals surface area contributed by atoms with E-state index in [4.69, 9.17) is 0 Å². The fourth-order valence-electron chi connectivity index (χ4n) is 7.25. The summed E-state index contributed by atoms with van der Waals surface area (Å²) < 4.78 is 89.2. The van der Waals surface area contributed by atoms with Crippen molar-refractivity contribution in [1.29, 1.82) is 0 Å². The van der Waals surface area contributed by atoms with E-state index in [0.717, 1.165) is 70.6 Å². The average Bonchev–Trinajstić information content (AvgIpc) is 4.15. The summed E-state index contributed by atoms with van der Waals surface area (Å²) in [5.41, 5.74) is 6.46. The van der Waals surface area contributed by atoms with Crippen molar-refractivity contribution in [1.82, 2.24) is 28.2 Å². The first-order valence-corrected chi connectivity index (χ1v) is 19.5. The molecule has 2 aromatic carbocycles. The van der Waals surface area contributed by atoms with Gasteiger partial charge in [-0.3, -0.25) is 19.1 Å². The molecule has 2 saturated carbocycles. The number of alkyl halides is 6. The molecule has 0 unspecified atom stereocenters. The Kier molecular flexibility index (Phi) is 12.2. The second kappa shape index (κ2) is 17.2. The van der Waals surface area contributed by atoms with Gasteiger partial charge in [-0.25, -0.2) is 9.97 Å². The third-order valence-electron chi connectivity index (χ3n) is 10.5. The van der Waals surface area contributed by atoms with Crippen LogP contribution in [0.5, 0.6) is 0 Å². The summed E-state index contributed by atoms with van der Waals surface area (Å²) in [7, 11) is 7.83. The summed E-state index contributed by atoms with van der Waals surface area (Å²) in [5, 5.41) is 2.89. The van der Waals surface area contributed by atoms with Crippen molar-refractivity contribution in [3.05, 3.63) is 93.3 Å². The minimum absolute atomic E-state index is 0.0286. The Hall–Kier alpha value is -5.89. The number of halogens is 6. The highest BCUT2D eigenvalue weighted by Crippen LogP contribution is 2.42. The van der Waals surface area contributed by atoms with E-state index in [-0.39, 0.29) is 36.0 Å². The summed E-state index contributed by atoms with van der Waals surface area (Å²) in [4.78, 5) is 46.2. The number of benzene rings is 2. The van der Waals surface area contributed by atoms with Crippen LogP contribution in [0.15, 0.2) is 70.5 Å². The van der Waals surface area contributed by atoms with Crippen molar-refractivity contribution < 1.29 is 40.6 Å². The molecule has 0 atom stereocenters. The third kappa shape index (κ3) is 10.0. The average molecular weight is 852 g/mol. The Balaban J connectivity index is 0.000000185. The normalized spacial score (nSPS) is 14.3. The molecule has 2 aliphatic carbocycles. The molecule has 61 heavy (non-hydrogen) atoms. The van der Waals surface area contributed by atoms with Gasteiger partial charge in [0.1, 0.15) is 23.5 Å². The minimum atomic E-state index is -4.68. The van der Waals surface area contributed by atoms with Gasteiger partial charge < -0.3 is 33.2 Å². The fraction of sp³-hybridized carbons (Fsp3) is 0.390. The van der Waals surface area contributed by atoms with E-state index in [1.165, 1.54) is 21.4 Å². The lowest BCUT2D eigenvalue weighted by atomic mass is 9.94. The molecule has 2 fully saturated rings. The highest BCUT2D eigenvalue weighted by atomic mass is 19.4. The maximum absolute atomic E-state index is 12.5. The van der Waals surface area contributed by atoms with Crippen molar-refractivity contribution in [3.63, 3.8) is 0 Å². The van der Waals surface area contributed by atoms with Crippen molar-refractivity contribution >= 4 is 47.0 Å². The van der Waals surface area contributed by atoms with Gasteiger partial charge in [0.2, 0.25) is 0 Å². The number of carbonyl (C=O) groups excluding carboxylic acids is 1. The maximum Gasteiger partial charge on any atom is 0.522 e. The van der Waals surface area contributed by atoms with E-state index >= 15 is 0 Å². The minimum Gasteiger partial charge on any atom is -0.411 e. The van der Waals surface area contributed by atoms with Crippen LogP contribution in [0.1, 0.15) is 49.2 Å². The van der Waals surface area contributed by atoms with Gasteiger partial charge in [-0.1, -0.05) is 12.1 Å². The van der Waals surface area contributed by atoms with Crippen LogP contribution < -0.4 is 21.2 Å². The zero-order chi connectivity index (χ0) is 43.8. The Bertz CT molecular complexity index is 2700. The number of nitrogens with zero attached hydrogens (tertiary/aromatic N) is 7. The van der Waals surface area contributed by atoms with E-state index in [9.17, 15) is 40.7 Å². The van der Waals surface area contributed by atoms with Gasteiger partial charge in [-0.15, -0.1) is 26.3 Å². The molecule has 321 valence electrons. The zero-order valence-electron chi connectivity index (χ0n) is 33.7. The molecule has 4 heterocycles. The van der Waals surface area contributed by atoms with Gasteiger partial charge in [0.05, 0.1) is 41.0 Å². The first kappa shape index (κ1) is 43.2. The Morgan fingerprint density at radius 2 is 1.20 bits per heavy atom. The topological polar surface area (TPSA) is 130 Å². The largest absolute Gasteiger partial charge is 0.522 e. The fourth-order valence-corrected chi connectivity index (χ4v) is 7.25. The lowest BCUT2D eigenvalue weighted by Gasteiger charge is -2.17. The van der Waals surface area contributed by atoms with Crippen LogP contribution in [0.2, 0.25) is 0 Å². The van der Waals surface area contributed by atoms with E-state index in [0.29, 0.717) is 28.6 Å². The molecule has 0 amide bonds. The Morgan fingerprint density at radius 1 is 0.738 bits per heavy atom. The summed E-state index contributed by atoms with van der Waals surface area (Å²) in [6, 6.07) is 14.6. The molecule has 0 spiro atoms. The number of ether oxygens (including phenoxy) is 2. The van der Waals surface area contributed by atoms with Crippen LogP contribution in [0, 0.1) is 0 Å². The number of aromatic nitrogens is 6. The number of fused-ring (bicyclic) bond motifs is 2. The van der Waals surface area contributed by atoms with Crippen LogP contribution in [-0.4, -0.2) is 81.9 Å². The van der Waals surface area contributed by atoms with Gasteiger partial charge in [0.25, 0.3) is 11.1 Å². The molecular formula is C41H42BF6N8O5. The van der Waals surface area contributed by atoms with Crippen LogP contribution in [0.25, 0.3) is 44.3 Å². The molecule has 8 rings (SSSR count). The third-order valence-corrected chi connectivity index (χ3v) is 10.5. The predicted octanol–water partition coefficient (Wildman–Crippen LogP) is 6.92. The Labute approximate surface area is 345 Å². The van der Waals surface area contributed by atoms with Gasteiger partial charge in [-0.2, -0.15) is 0 Å². The standard InChI is InChI=1S/C21H21BF3N4O3.C20H21F3N4O2/c1-27-11-15(10-18(20(27)31)28(2)22-12-30)14-5-6-16-17(9-14)29(7-8-32-21(23,24)25)19(26-16)13-3-4-13;1-24-16-9-14(11-26(2)19(16)28)13-5-6-15-17(10-13)27(7-8-29-20(21,22)23)18(25-15)12-3-4-12/h5-6,9-13H,3-4,7-8H2,1-2H3;5-6,9-12,24H,3-4,7-8H2,1-2H3. The summed E-state index contributed by atoms with van der Waals surface area (Å²) >= 11 is 0. The molecule has 6 aromatic rings. The van der Waals surface area contributed by atoms with Gasteiger partial charge in [0, 0.05) is 69.6 Å². The number of rotatable bonds is 14. The highest BCUT2D eigenvalue weighted by Gasteiger charge is 2.33. The van der Waals surface area contributed by atoms with Gasteiger partial charge in [-0.05, 0) is 80.3 Å². The first-order chi connectivity index (χ1) is 28.9. The lowest BCUT2D eigenvalue weighted by molar-refractivity contribution is -0.326. The molecule has 1 radical (unpaired) electrons. The molecule has 1 N–H and O–H groups in total. The van der Waals surface area contributed by atoms with Crippen molar-refractivity contribution in [2.45, 2.75) is 63.3 Å². The molecule has 0 aliphatic heterocycles. The second-order valence-corrected chi connectivity index (χ2v) is 15.0. The van der Waals surface area contributed by atoms with Crippen LogP contribution >= 0.6 is 0 Å². The van der Waals surface area contributed by atoms with Gasteiger partial charge in [0.15, 0.2) is 0 Å².